The van der Waals surface area contributed by atoms with Gasteiger partial charge in [0.05, 0.1) is 15.6 Å². The second-order valence-corrected chi connectivity index (χ2v) is 8.03. The number of phenolic OH excluding ortho intramolecular Hbond substituents is 4. The lowest BCUT2D eigenvalue weighted by molar-refractivity contribution is -0.492. The summed E-state index contributed by atoms with van der Waals surface area (Å²) in [6, 6.07) is -0.763. The molecule has 1 aromatic carbocycles. The van der Waals surface area contributed by atoms with Crippen LogP contribution < -0.4 is 20.9 Å². The number of nitrogens with two attached hydrogens (primary N) is 1. The standard InChI is InChI=1S/C16H13Br2N5O11/c17-3-1-20-14(21-2-3)34-16(31,32)15(29,30)33-12-5(11(19)22-13(28)23-12)4-7(24)9(26)6(18)10(27)8(4)25/h1-2,24-27,29-32H,(H3,19,22,23,28). The highest BCUT2D eigenvalue weighted by Gasteiger charge is 2.56. The fourth-order valence-electron chi connectivity index (χ4n) is 2.44. The van der Waals surface area contributed by atoms with Crippen LogP contribution >= 0.6 is 31.9 Å². The molecule has 2 heterocycles. The second kappa shape index (κ2) is 8.74. The van der Waals surface area contributed by atoms with E-state index in [-0.39, 0.29) is 0 Å². The number of nitrogens with zero attached hydrogens (tertiary/aromatic N) is 3. The first-order valence-corrected chi connectivity index (χ1v) is 10.1. The van der Waals surface area contributed by atoms with E-state index in [0.29, 0.717) is 4.47 Å². The topological polar surface area (TPSA) is 278 Å². The molecule has 0 amide bonds. The van der Waals surface area contributed by atoms with Crippen LogP contribution in [0.3, 0.4) is 0 Å². The van der Waals surface area contributed by atoms with Crippen molar-refractivity contribution >= 4 is 37.7 Å². The molecule has 182 valence electrons. The van der Waals surface area contributed by atoms with E-state index in [1.165, 1.54) is 0 Å². The van der Waals surface area contributed by atoms with Gasteiger partial charge in [-0.25, -0.2) is 14.8 Å². The number of H-pyrrole nitrogens is 1. The zero-order valence-corrected chi connectivity index (χ0v) is 19.3. The van der Waals surface area contributed by atoms with E-state index in [9.17, 15) is 45.6 Å². The number of hydrogen-bond acceptors (Lipinski definition) is 15. The SMILES string of the molecule is Nc1[nH]c(=O)nc(OC(O)(O)C(O)(O)Oc2ncc(Br)cn2)c1-c1c(O)c(O)c(Br)c(O)c1O. The molecular formula is C16H13Br2N5O11. The Morgan fingerprint density at radius 3 is 1.88 bits per heavy atom. The predicted octanol–water partition coefficient (Wildman–Crippen LogP) is -1.11. The van der Waals surface area contributed by atoms with Crippen molar-refractivity contribution in [2.45, 2.75) is 11.9 Å². The van der Waals surface area contributed by atoms with E-state index in [2.05, 4.69) is 56.3 Å². The lowest BCUT2D eigenvalue weighted by Gasteiger charge is -2.32. The molecule has 0 radical (unpaired) electrons. The van der Waals surface area contributed by atoms with Gasteiger partial charge >= 0.3 is 23.6 Å². The minimum atomic E-state index is -4.14. The Balaban J connectivity index is 2.13. The van der Waals surface area contributed by atoms with Crippen LogP contribution in [0.2, 0.25) is 0 Å². The fraction of sp³-hybridized carbons (Fsp3) is 0.125. The van der Waals surface area contributed by atoms with Crippen LogP contribution in [-0.4, -0.2) is 72.7 Å². The van der Waals surface area contributed by atoms with Gasteiger partial charge in [0.25, 0.3) is 0 Å². The molecule has 3 aromatic rings. The fourth-order valence-corrected chi connectivity index (χ4v) is 3.02. The number of aromatic amines is 1. The molecule has 0 unspecified atom stereocenters. The first kappa shape index (κ1) is 25.2. The zero-order chi connectivity index (χ0) is 25.6. The summed E-state index contributed by atoms with van der Waals surface area (Å²) in [5.41, 5.74) is 2.69. The summed E-state index contributed by atoms with van der Waals surface area (Å²) in [5, 5.41) is 81.0. The third-order valence-electron chi connectivity index (χ3n) is 4.01. The Morgan fingerprint density at radius 2 is 1.35 bits per heavy atom. The summed E-state index contributed by atoms with van der Waals surface area (Å²) in [7, 11) is 0. The van der Waals surface area contributed by atoms with E-state index < -0.39 is 73.9 Å². The molecule has 0 aliphatic heterocycles. The number of halogens is 2. The van der Waals surface area contributed by atoms with Crippen LogP contribution in [0.25, 0.3) is 11.1 Å². The van der Waals surface area contributed by atoms with Crippen LogP contribution in [0.4, 0.5) is 5.82 Å². The molecule has 0 fully saturated rings. The molecule has 0 aliphatic carbocycles. The van der Waals surface area contributed by atoms with Crippen molar-refractivity contribution < 1.29 is 50.3 Å². The Hall–Kier alpha value is -3.42. The van der Waals surface area contributed by atoms with Crippen LogP contribution in [0, 0.1) is 0 Å². The van der Waals surface area contributed by atoms with Crippen LogP contribution in [0.1, 0.15) is 0 Å². The molecule has 18 heteroatoms. The largest absolute Gasteiger partial charge is 0.504 e. The van der Waals surface area contributed by atoms with Crippen molar-refractivity contribution in [3.8, 4) is 46.0 Å². The molecule has 3 rings (SSSR count). The number of nitrogen functional groups attached to an aromatic ring is 1. The van der Waals surface area contributed by atoms with Crippen molar-refractivity contribution in [2.24, 2.45) is 0 Å². The quantitative estimate of drug-likeness (QED) is 0.0899. The van der Waals surface area contributed by atoms with Gasteiger partial charge in [0.15, 0.2) is 23.0 Å². The third-order valence-corrected chi connectivity index (χ3v) is 5.17. The summed E-state index contributed by atoms with van der Waals surface area (Å²) in [5.74, 6) is -14.4. The Morgan fingerprint density at radius 1 is 0.853 bits per heavy atom. The highest BCUT2D eigenvalue weighted by molar-refractivity contribution is 9.11. The van der Waals surface area contributed by atoms with Crippen LogP contribution in [0.5, 0.6) is 34.9 Å². The molecule has 2 aromatic heterocycles. The molecule has 0 bridgehead atoms. The Kier molecular flexibility index (Phi) is 6.48. The molecule has 0 saturated heterocycles. The first-order chi connectivity index (χ1) is 15.7. The number of rotatable bonds is 6. The average molecular weight is 611 g/mol. The molecule has 16 nitrogen and oxygen atoms in total. The maximum atomic E-state index is 11.8. The molecule has 34 heavy (non-hydrogen) atoms. The smallest absolute Gasteiger partial charge is 0.424 e. The van der Waals surface area contributed by atoms with Gasteiger partial charge in [0, 0.05) is 12.4 Å². The molecule has 0 saturated carbocycles. The van der Waals surface area contributed by atoms with Crippen LogP contribution in [-0.2, 0) is 0 Å². The molecule has 11 N–H and O–H groups in total. The molecule has 0 spiro atoms. The van der Waals surface area contributed by atoms with Crippen molar-refractivity contribution in [3.05, 3.63) is 31.8 Å². The number of phenols is 4. The van der Waals surface area contributed by atoms with Gasteiger partial charge < -0.3 is 56.1 Å². The van der Waals surface area contributed by atoms with Crippen molar-refractivity contribution in [1.82, 2.24) is 19.9 Å². The Bertz CT molecular complexity index is 1290. The van der Waals surface area contributed by atoms with Gasteiger partial charge in [-0.1, -0.05) is 0 Å². The highest BCUT2D eigenvalue weighted by atomic mass is 79.9. The number of hydrogen-bond donors (Lipinski definition) is 10. The maximum Gasteiger partial charge on any atom is 0.424 e. The van der Waals surface area contributed by atoms with E-state index in [4.69, 9.17) is 5.73 Å². The normalized spacial score (nSPS) is 11.9. The van der Waals surface area contributed by atoms with Gasteiger partial charge in [-0.2, -0.15) is 4.98 Å². The lowest BCUT2D eigenvalue weighted by Crippen LogP contribution is -2.62. The number of aromatic hydroxyl groups is 4. The molecule has 0 atom stereocenters. The zero-order valence-electron chi connectivity index (χ0n) is 16.1. The van der Waals surface area contributed by atoms with Crippen LogP contribution in [0.15, 0.2) is 26.1 Å². The monoisotopic (exact) mass is 609 g/mol. The highest BCUT2D eigenvalue weighted by Crippen LogP contribution is 2.55. The second-order valence-electron chi connectivity index (χ2n) is 6.32. The van der Waals surface area contributed by atoms with E-state index >= 15 is 0 Å². The number of nitrogens with one attached hydrogen (secondary N) is 1. The van der Waals surface area contributed by atoms with E-state index in [1.807, 2.05) is 4.98 Å². The Labute approximate surface area is 203 Å². The summed E-state index contributed by atoms with van der Waals surface area (Å²) in [6.45, 7) is 0. The van der Waals surface area contributed by atoms with Gasteiger partial charge in [0.2, 0.25) is 5.88 Å². The van der Waals surface area contributed by atoms with E-state index in [0.717, 1.165) is 12.4 Å². The molecule has 0 aliphatic rings. The number of aliphatic hydroxyl groups is 4. The summed E-state index contributed by atoms with van der Waals surface area (Å²) in [4.78, 5) is 24.1. The van der Waals surface area contributed by atoms with Gasteiger partial charge in [0.1, 0.15) is 10.3 Å². The number of aromatic nitrogens is 4. The summed E-state index contributed by atoms with van der Waals surface area (Å²) >= 11 is 5.73. The number of ether oxygens (including phenoxy) is 2. The number of benzene rings is 1. The molecular weight excluding hydrogens is 598 g/mol. The number of anilines is 1. The minimum absolute atomic E-state index is 0.366. The van der Waals surface area contributed by atoms with Gasteiger partial charge in [-0.3, -0.25) is 4.98 Å². The van der Waals surface area contributed by atoms with E-state index in [1.54, 1.807) is 0 Å². The van der Waals surface area contributed by atoms with Gasteiger partial charge in [-0.15, -0.1) is 0 Å². The van der Waals surface area contributed by atoms with Crippen molar-refractivity contribution in [2.75, 3.05) is 5.73 Å². The maximum absolute atomic E-state index is 11.8. The third kappa shape index (κ3) is 4.49. The summed E-state index contributed by atoms with van der Waals surface area (Å²) in [6.07, 6.45) is 2.23. The van der Waals surface area contributed by atoms with Crippen molar-refractivity contribution in [1.29, 1.82) is 0 Å². The van der Waals surface area contributed by atoms with Gasteiger partial charge in [-0.05, 0) is 31.9 Å². The minimum Gasteiger partial charge on any atom is -0.504 e. The predicted molar refractivity (Wildman–Crippen MR) is 114 cm³/mol. The first-order valence-electron chi connectivity index (χ1n) is 8.46. The summed E-state index contributed by atoms with van der Waals surface area (Å²) < 4.78 is 8.99. The average Bonchev–Trinajstić information content (AvgIpc) is 2.73. The van der Waals surface area contributed by atoms with Crippen molar-refractivity contribution in [3.63, 3.8) is 0 Å². The lowest BCUT2D eigenvalue weighted by atomic mass is 10.0.